The molecule has 1 unspecified atom stereocenters. The molecule has 4 nitrogen and oxygen atoms in total. The number of rotatable bonds is 4. The van der Waals surface area contributed by atoms with E-state index in [9.17, 15) is 4.79 Å². The zero-order valence-electron chi connectivity index (χ0n) is 16.1. The Morgan fingerprint density at radius 2 is 1.93 bits per heavy atom. The van der Waals surface area contributed by atoms with Gasteiger partial charge in [-0.2, -0.15) is 0 Å². The maximum atomic E-state index is 12.8. The quantitative estimate of drug-likeness (QED) is 0.783. The van der Waals surface area contributed by atoms with E-state index in [-0.39, 0.29) is 5.97 Å². The van der Waals surface area contributed by atoms with Crippen LogP contribution in [0, 0.1) is 0 Å². The van der Waals surface area contributed by atoms with Crippen molar-refractivity contribution in [3.05, 3.63) is 48.0 Å². The molecule has 0 saturated carbocycles. The van der Waals surface area contributed by atoms with E-state index >= 15 is 0 Å². The van der Waals surface area contributed by atoms with E-state index in [2.05, 4.69) is 47.6 Å². The van der Waals surface area contributed by atoms with Crippen molar-refractivity contribution in [2.24, 2.45) is 0 Å². The van der Waals surface area contributed by atoms with Crippen molar-refractivity contribution in [1.82, 2.24) is 10.4 Å². The largest absolute Gasteiger partial charge is 0.351 e. The fraction of sp³-hybridized carbons (Fsp3) is 0.409. The normalized spacial score (nSPS) is 20.3. The van der Waals surface area contributed by atoms with Gasteiger partial charge in [-0.15, -0.1) is 11.8 Å². The summed E-state index contributed by atoms with van der Waals surface area (Å²) in [6.45, 7) is 7.94. The molecule has 27 heavy (non-hydrogen) atoms. The Morgan fingerprint density at radius 1 is 1.19 bits per heavy atom. The smallest absolute Gasteiger partial charge is 0.341 e. The molecular formula is C22H26N2O2S. The predicted octanol–water partition coefficient (Wildman–Crippen LogP) is 4.60. The lowest BCUT2D eigenvalue weighted by Crippen LogP contribution is -2.50. The summed E-state index contributed by atoms with van der Waals surface area (Å²) < 4.78 is 0. The van der Waals surface area contributed by atoms with Crippen LogP contribution in [-0.2, 0) is 9.63 Å². The number of hydrogen-bond donors (Lipinski definition) is 1. The lowest BCUT2D eigenvalue weighted by atomic mass is 10.0. The van der Waals surface area contributed by atoms with Crippen LogP contribution < -0.4 is 5.48 Å². The van der Waals surface area contributed by atoms with Gasteiger partial charge in [0, 0.05) is 15.7 Å². The van der Waals surface area contributed by atoms with Gasteiger partial charge < -0.3 is 4.84 Å². The van der Waals surface area contributed by atoms with Crippen LogP contribution >= 0.6 is 11.8 Å². The van der Waals surface area contributed by atoms with Gasteiger partial charge in [-0.05, 0) is 69.6 Å². The molecule has 1 atom stereocenters. The Kier molecular flexibility index (Phi) is 4.91. The molecule has 2 aromatic rings. The molecule has 0 aliphatic carbocycles. The number of hydroxylamine groups is 1. The average molecular weight is 383 g/mol. The first kappa shape index (κ1) is 18.4. The maximum absolute atomic E-state index is 12.8. The van der Waals surface area contributed by atoms with Crippen LogP contribution in [0.5, 0.6) is 0 Å². The van der Waals surface area contributed by atoms with E-state index in [0.29, 0.717) is 5.25 Å². The number of benzene rings is 2. The maximum Gasteiger partial charge on any atom is 0.351 e. The second-order valence-electron chi connectivity index (χ2n) is 7.81. The molecule has 0 aromatic heterocycles. The van der Waals surface area contributed by atoms with Crippen molar-refractivity contribution in [2.45, 2.75) is 49.3 Å². The van der Waals surface area contributed by atoms with Gasteiger partial charge >= 0.3 is 5.97 Å². The van der Waals surface area contributed by atoms with Crippen LogP contribution in [0.1, 0.15) is 39.2 Å². The molecule has 5 heteroatoms. The fourth-order valence-electron chi connectivity index (χ4n) is 3.90. The number of carbonyl (C=O) groups is 1. The van der Waals surface area contributed by atoms with Gasteiger partial charge in [0.25, 0.3) is 0 Å². The first-order valence-corrected chi connectivity index (χ1v) is 10.5. The molecule has 1 fully saturated rings. The lowest BCUT2D eigenvalue weighted by Gasteiger charge is -2.33. The number of nitrogens with zero attached hydrogens (tertiary/aromatic N) is 1. The topological polar surface area (TPSA) is 41.6 Å². The number of fused-ring (bicyclic) bond motifs is 3. The van der Waals surface area contributed by atoms with Crippen molar-refractivity contribution in [1.29, 1.82) is 0 Å². The molecule has 0 amide bonds. The van der Waals surface area contributed by atoms with Gasteiger partial charge in [0.05, 0.1) is 5.70 Å². The van der Waals surface area contributed by atoms with Crippen LogP contribution in [-0.4, -0.2) is 34.7 Å². The van der Waals surface area contributed by atoms with Crippen molar-refractivity contribution < 1.29 is 9.63 Å². The zero-order valence-corrected chi connectivity index (χ0v) is 16.9. The van der Waals surface area contributed by atoms with Crippen LogP contribution in [0.3, 0.4) is 0 Å². The minimum atomic E-state index is -0.624. The summed E-state index contributed by atoms with van der Waals surface area (Å²) in [6, 6.07) is 12.6. The van der Waals surface area contributed by atoms with E-state index in [4.69, 9.17) is 4.84 Å². The van der Waals surface area contributed by atoms with Gasteiger partial charge in [0.15, 0.2) is 0 Å². The molecule has 2 aliphatic rings. The second-order valence-corrected chi connectivity index (χ2v) is 9.23. The number of nitrogens with one attached hydrogen (secondary N) is 1. The molecular weight excluding hydrogens is 356 g/mol. The lowest BCUT2D eigenvalue weighted by molar-refractivity contribution is -0.160. The van der Waals surface area contributed by atoms with E-state index < -0.39 is 5.54 Å². The minimum absolute atomic E-state index is 0.238. The molecule has 142 valence electrons. The summed E-state index contributed by atoms with van der Waals surface area (Å²) in [5, 5.41) is 2.66. The molecule has 4 rings (SSSR count). The van der Waals surface area contributed by atoms with Gasteiger partial charge in [-0.3, -0.25) is 4.90 Å². The first-order valence-electron chi connectivity index (χ1n) is 9.60. The molecule has 1 saturated heterocycles. The minimum Gasteiger partial charge on any atom is -0.341 e. The number of likely N-dealkylation sites (tertiary alicyclic amines) is 1. The van der Waals surface area contributed by atoms with Crippen molar-refractivity contribution in [3.63, 3.8) is 0 Å². The van der Waals surface area contributed by atoms with Crippen LogP contribution in [0.2, 0.25) is 0 Å². The zero-order chi connectivity index (χ0) is 19.0. The highest BCUT2D eigenvalue weighted by Crippen LogP contribution is 2.40. The van der Waals surface area contributed by atoms with E-state index in [1.54, 1.807) is 0 Å². The highest BCUT2D eigenvalue weighted by Gasteiger charge is 2.38. The highest BCUT2D eigenvalue weighted by molar-refractivity contribution is 8.00. The van der Waals surface area contributed by atoms with Crippen LogP contribution in [0.25, 0.3) is 16.5 Å². The molecule has 0 spiro atoms. The SMILES string of the molecule is CC1C=C(NOC(=O)C(C)(C)N2CCCC2)c2c(ccc3ccccc23)S1. The Morgan fingerprint density at radius 3 is 2.70 bits per heavy atom. The van der Waals surface area contributed by atoms with Gasteiger partial charge in [0.2, 0.25) is 0 Å². The van der Waals surface area contributed by atoms with Gasteiger partial charge in [-0.1, -0.05) is 30.3 Å². The number of thioether (sulfide) groups is 1. The molecule has 2 aliphatic heterocycles. The Labute approximate surface area is 164 Å². The molecule has 1 N–H and O–H groups in total. The third-order valence-corrected chi connectivity index (χ3v) is 6.63. The fourth-order valence-corrected chi connectivity index (χ4v) is 4.99. The summed E-state index contributed by atoms with van der Waals surface area (Å²) in [7, 11) is 0. The van der Waals surface area contributed by atoms with E-state index in [1.165, 1.54) is 15.7 Å². The molecule has 2 heterocycles. The third-order valence-electron chi connectivity index (χ3n) is 5.52. The van der Waals surface area contributed by atoms with Crippen molar-refractivity contribution in [3.8, 4) is 0 Å². The van der Waals surface area contributed by atoms with E-state index in [0.717, 1.165) is 37.2 Å². The molecule has 0 radical (unpaired) electrons. The Hall–Kier alpha value is -1.98. The van der Waals surface area contributed by atoms with Crippen molar-refractivity contribution >= 4 is 34.2 Å². The van der Waals surface area contributed by atoms with Crippen LogP contribution in [0.15, 0.2) is 47.4 Å². The molecule has 2 aromatic carbocycles. The number of carbonyl (C=O) groups excluding carboxylic acids is 1. The third kappa shape index (κ3) is 3.46. The van der Waals surface area contributed by atoms with Crippen LogP contribution in [0.4, 0.5) is 0 Å². The monoisotopic (exact) mass is 382 g/mol. The molecule has 0 bridgehead atoms. The first-order chi connectivity index (χ1) is 13.0. The highest BCUT2D eigenvalue weighted by atomic mass is 32.2. The number of hydrogen-bond acceptors (Lipinski definition) is 5. The predicted molar refractivity (Wildman–Crippen MR) is 111 cm³/mol. The Balaban J connectivity index is 1.59. The summed E-state index contributed by atoms with van der Waals surface area (Å²) >= 11 is 1.83. The van der Waals surface area contributed by atoms with Gasteiger partial charge in [-0.25, -0.2) is 10.3 Å². The van der Waals surface area contributed by atoms with E-state index in [1.807, 2.05) is 37.7 Å². The Bertz CT molecular complexity index is 900. The summed E-state index contributed by atoms with van der Waals surface area (Å²) in [5.41, 5.74) is 4.36. The average Bonchev–Trinajstić information content (AvgIpc) is 3.21. The van der Waals surface area contributed by atoms with Gasteiger partial charge in [0.1, 0.15) is 5.54 Å². The summed E-state index contributed by atoms with van der Waals surface area (Å²) in [6.07, 6.45) is 4.42. The standard InChI is InChI=1S/C22H26N2O2S/c1-15-14-18(23-26-21(25)22(2,3)24-12-6-7-13-24)20-17-9-5-4-8-16(17)10-11-19(20)27-15/h4-5,8-11,14-15,23H,6-7,12-13H2,1-3H3. The second kappa shape index (κ2) is 7.21. The van der Waals surface area contributed by atoms with Crippen molar-refractivity contribution in [2.75, 3.05) is 13.1 Å². The summed E-state index contributed by atoms with van der Waals surface area (Å²) in [4.78, 5) is 21.8. The summed E-state index contributed by atoms with van der Waals surface area (Å²) in [5.74, 6) is -0.238.